The fourth-order valence-corrected chi connectivity index (χ4v) is 1.26. The van der Waals surface area contributed by atoms with Crippen LogP contribution in [0.3, 0.4) is 0 Å². The summed E-state index contributed by atoms with van der Waals surface area (Å²) in [6, 6.07) is 0. The van der Waals surface area contributed by atoms with Gasteiger partial charge in [0.25, 0.3) is 0 Å². The highest BCUT2D eigenvalue weighted by molar-refractivity contribution is 5.81. The van der Waals surface area contributed by atoms with Gasteiger partial charge in [0.2, 0.25) is 0 Å². The molecule has 0 aliphatic carbocycles. The minimum atomic E-state index is -4.82. The zero-order valence-electron chi connectivity index (χ0n) is 7.56. The van der Waals surface area contributed by atoms with Crippen molar-refractivity contribution in [2.45, 2.75) is 38.1 Å². The van der Waals surface area contributed by atoms with Gasteiger partial charge in [-0.3, -0.25) is 4.79 Å². The largest absolute Gasteiger partial charge is 0.471 e. The van der Waals surface area contributed by atoms with Crippen molar-refractivity contribution in [2.24, 2.45) is 0 Å². The second kappa shape index (κ2) is 4.63. The first-order chi connectivity index (χ1) is 6.50. The second-order valence-electron chi connectivity index (χ2n) is 3.18. The molecule has 0 aromatic rings. The Morgan fingerprint density at radius 3 is 2.64 bits per heavy atom. The Kier molecular flexibility index (Phi) is 3.74. The summed E-state index contributed by atoms with van der Waals surface area (Å²) < 4.78 is 40.6. The van der Waals surface area contributed by atoms with E-state index in [4.69, 9.17) is 4.74 Å². The van der Waals surface area contributed by atoms with Crippen LogP contribution >= 0.6 is 0 Å². The Hall–Kier alpha value is -0.780. The van der Waals surface area contributed by atoms with Crippen molar-refractivity contribution in [2.75, 3.05) is 6.61 Å². The van der Waals surface area contributed by atoms with Gasteiger partial charge in [-0.25, -0.2) is 0 Å². The van der Waals surface area contributed by atoms with Crippen molar-refractivity contribution in [1.29, 1.82) is 0 Å². The molecular weight excluding hydrogens is 199 g/mol. The number of rotatable bonds is 1. The number of nitrogens with one attached hydrogen (secondary N) is 1. The summed E-state index contributed by atoms with van der Waals surface area (Å²) in [5, 5.41) is 1.81. The molecule has 6 heteroatoms. The topological polar surface area (TPSA) is 38.3 Å². The van der Waals surface area contributed by atoms with E-state index >= 15 is 0 Å². The first-order valence-corrected chi connectivity index (χ1v) is 4.49. The molecule has 0 spiro atoms. The van der Waals surface area contributed by atoms with Crippen molar-refractivity contribution in [3.05, 3.63) is 0 Å². The highest BCUT2D eigenvalue weighted by Gasteiger charge is 2.39. The molecule has 1 rings (SSSR count). The van der Waals surface area contributed by atoms with E-state index in [1.54, 1.807) is 0 Å². The van der Waals surface area contributed by atoms with Crippen LogP contribution in [0.15, 0.2) is 0 Å². The van der Waals surface area contributed by atoms with E-state index in [0.29, 0.717) is 13.0 Å². The van der Waals surface area contributed by atoms with Crippen LogP contribution in [0.4, 0.5) is 13.2 Å². The third-order valence-electron chi connectivity index (χ3n) is 1.98. The van der Waals surface area contributed by atoms with E-state index in [0.717, 1.165) is 19.3 Å². The summed E-state index contributed by atoms with van der Waals surface area (Å²) in [6.07, 6.45) is -2.62. The van der Waals surface area contributed by atoms with Crippen molar-refractivity contribution in [1.82, 2.24) is 5.32 Å². The quantitative estimate of drug-likeness (QED) is 0.715. The Balaban J connectivity index is 2.38. The molecule has 0 aromatic carbocycles. The average molecular weight is 211 g/mol. The van der Waals surface area contributed by atoms with Crippen LogP contribution in [0.2, 0.25) is 0 Å². The van der Waals surface area contributed by atoms with Gasteiger partial charge < -0.3 is 10.1 Å². The molecule has 1 aliphatic rings. The Morgan fingerprint density at radius 2 is 2.00 bits per heavy atom. The van der Waals surface area contributed by atoms with Gasteiger partial charge >= 0.3 is 12.1 Å². The summed E-state index contributed by atoms with van der Waals surface area (Å²) in [5.74, 6) is -1.93. The smallest absolute Gasteiger partial charge is 0.359 e. The molecule has 0 aromatic heterocycles. The van der Waals surface area contributed by atoms with Crippen molar-refractivity contribution in [3.63, 3.8) is 0 Å². The zero-order valence-corrected chi connectivity index (χ0v) is 7.56. The van der Waals surface area contributed by atoms with Gasteiger partial charge in [0.1, 0.15) is 6.23 Å². The molecule has 0 saturated carbocycles. The van der Waals surface area contributed by atoms with Crippen LogP contribution in [0.5, 0.6) is 0 Å². The molecule has 1 saturated heterocycles. The van der Waals surface area contributed by atoms with Gasteiger partial charge in [-0.1, -0.05) is 6.42 Å². The molecule has 3 nitrogen and oxygen atoms in total. The monoisotopic (exact) mass is 211 g/mol. The normalized spacial score (nSPS) is 24.1. The number of alkyl halides is 3. The second-order valence-corrected chi connectivity index (χ2v) is 3.18. The molecule has 0 radical (unpaired) electrons. The fraction of sp³-hybridized carbons (Fsp3) is 0.875. The van der Waals surface area contributed by atoms with Gasteiger partial charge in [-0.15, -0.1) is 0 Å². The first-order valence-electron chi connectivity index (χ1n) is 4.49. The number of halogens is 3. The van der Waals surface area contributed by atoms with Crippen LogP contribution in [0.1, 0.15) is 25.7 Å². The lowest BCUT2D eigenvalue weighted by molar-refractivity contribution is -0.177. The lowest BCUT2D eigenvalue weighted by Crippen LogP contribution is -2.44. The number of hydrogen-bond donors (Lipinski definition) is 1. The van der Waals surface area contributed by atoms with Crippen LogP contribution in [-0.4, -0.2) is 24.9 Å². The molecule has 1 atom stereocenters. The number of carbonyl (C=O) groups excluding carboxylic acids is 1. The van der Waals surface area contributed by atoms with E-state index in [1.165, 1.54) is 0 Å². The molecule has 1 aliphatic heterocycles. The minimum absolute atomic E-state index is 0.406. The SMILES string of the molecule is O=C(NC1CCCCCO1)C(F)(F)F. The van der Waals surface area contributed by atoms with E-state index < -0.39 is 18.3 Å². The maximum Gasteiger partial charge on any atom is 0.471 e. The van der Waals surface area contributed by atoms with E-state index in [2.05, 4.69) is 0 Å². The van der Waals surface area contributed by atoms with E-state index in [1.807, 2.05) is 5.32 Å². The molecule has 82 valence electrons. The molecule has 1 amide bonds. The van der Waals surface area contributed by atoms with Crippen molar-refractivity contribution in [3.8, 4) is 0 Å². The Morgan fingerprint density at radius 1 is 1.29 bits per heavy atom. The maximum absolute atomic E-state index is 11.8. The maximum atomic E-state index is 11.8. The number of amides is 1. The minimum Gasteiger partial charge on any atom is -0.359 e. The molecule has 1 fully saturated rings. The van der Waals surface area contributed by atoms with Crippen LogP contribution in [0, 0.1) is 0 Å². The van der Waals surface area contributed by atoms with Crippen LogP contribution < -0.4 is 5.32 Å². The van der Waals surface area contributed by atoms with E-state index in [9.17, 15) is 18.0 Å². The predicted octanol–water partition coefficient (Wildman–Crippen LogP) is 1.58. The van der Waals surface area contributed by atoms with Gasteiger partial charge in [-0.05, 0) is 19.3 Å². The molecule has 1 heterocycles. The Labute approximate surface area is 79.6 Å². The molecule has 0 bridgehead atoms. The molecular formula is C8H12F3NO2. The predicted molar refractivity (Wildman–Crippen MR) is 42.4 cm³/mol. The number of ether oxygens (including phenoxy) is 1. The average Bonchev–Trinajstić information content (AvgIpc) is 2.31. The van der Waals surface area contributed by atoms with Gasteiger partial charge in [0.15, 0.2) is 0 Å². The number of carbonyl (C=O) groups is 1. The van der Waals surface area contributed by atoms with Gasteiger partial charge in [-0.2, -0.15) is 13.2 Å². The lowest BCUT2D eigenvalue weighted by Gasteiger charge is -2.17. The summed E-state index contributed by atoms with van der Waals surface area (Å²) in [7, 11) is 0. The van der Waals surface area contributed by atoms with Crippen LogP contribution in [0.25, 0.3) is 0 Å². The fourth-order valence-electron chi connectivity index (χ4n) is 1.26. The Bertz CT molecular complexity index is 197. The summed E-state index contributed by atoms with van der Waals surface area (Å²) >= 11 is 0. The summed E-state index contributed by atoms with van der Waals surface area (Å²) in [6.45, 7) is 0.406. The first kappa shape index (κ1) is 11.3. The van der Waals surface area contributed by atoms with Crippen LogP contribution in [-0.2, 0) is 9.53 Å². The van der Waals surface area contributed by atoms with Gasteiger partial charge in [0, 0.05) is 6.61 Å². The van der Waals surface area contributed by atoms with E-state index in [-0.39, 0.29) is 0 Å². The highest BCUT2D eigenvalue weighted by Crippen LogP contribution is 2.17. The summed E-state index contributed by atoms with van der Waals surface area (Å²) in [5.41, 5.74) is 0. The third-order valence-corrected chi connectivity index (χ3v) is 1.98. The highest BCUT2D eigenvalue weighted by atomic mass is 19.4. The molecule has 1 unspecified atom stereocenters. The zero-order chi connectivity index (χ0) is 10.6. The molecule has 14 heavy (non-hydrogen) atoms. The number of hydrogen-bond acceptors (Lipinski definition) is 2. The third kappa shape index (κ3) is 3.53. The summed E-state index contributed by atoms with van der Waals surface area (Å²) in [4.78, 5) is 10.5. The standard InChI is InChI=1S/C8H12F3NO2/c9-8(10,11)7(13)12-6-4-2-1-3-5-14-6/h6H,1-5H2,(H,12,13). The lowest BCUT2D eigenvalue weighted by atomic mass is 10.2. The van der Waals surface area contributed by atoms with Crippen molar-refractivity contribution >= 4 is 5.91 Å². The molecule has 1 N–H and O–H groups in total. The van der Waals surface area contributed by atoms with Gasteiger partial charge in [0.05, 0.1) is 0 Å². The van der Waals surface area contributed by atoms with Crippen molar-refractivity contribution < 1.29 is 22.7 Å².